The molecule has 1 unspecified atom stereocenters. The molecule has 1 aliphatic rings. The summed E-state index contributed by atoms with van der Waals surface area (Å²) in [6.07, 6.45) is 0.987. The quantitative estimate of drug-likeness (QED) is 0.678. The first-order chi connectivity index (χ1) is 10.1. The van der Waals surface area contributed by atoms with Crippen LogP contribution in [0, 0.1) is 0 Å². The average Bonchev–Trinajstić information content (AvgIpc) is 3.00. The molecule has 5 nitrogen and oxygen atoms in total. The highest BCUT2D eigenvalue weighted by Gasteiger charge is 2.21. The number of carbonyl (C=O) groups excluding carboxylic acids is 2. The standard InChI is InChI=1S/C14H18ClN3O2S.ClH/c15-10-3-5-11(6-4-10)18-13(19)2-1-7-16-14(20)12-8-21-9-17-12;/h3-6,12,17H,1-2,7-9H2,(H,16,20)(H,18,19);1H. The summed E-state index contributed by atoms with van der Waals surface area (Å²) in [5.74, 6) is 1.57. The number of nitrogens with one attached hydrogen (secondary N) is 3. The van der Waals surface area contributed by atoms with E-state index in [1.54, 1.807) is 36.0 Å². The molecule has 2 rings (SSSR count). The number of rotatable bonds is 6. The van der Waals surface area contributed by atoms with Crippen molar-refractivity contribution in [1.82, 2.24) is 10.6 Å². The van der Waals surface area contributed by atoms with E-state index in [2.05, 4.69) is 16.0 Å². The fourth-order valence-corrected chi connectivity index (χ4v) is 2.97. The van der Waals surface area contributed by atoms with Crippen LogP contribution in [-0.4, -0.2) is 36.0 Å². The Morgan fingerprint density at radius 3 is 2.68 bits per heavy atom. The fraction of sp³-hybridized carbons (Fsp3) is 0.429. The summed E-state index contributed by atoms with van der Waals surface area (Å²) in [6, 6.07) is 6.86. The van der Waals surface area contributed by atoms with Crippen LogP contribution in [0.1, 0.15) is 12.8 Å². The molecular weight excluding hydrogens is 345 g/mol. The van der Waals surface area contributed by atoms with Crippen LogP contribution in [0.2, 0.25) is 5.02 Å². The van der Waals surface area contributed by atoms with E-state index in [9.17, 15) is 9.59 Å². The minimum Gasteiger partial charge on any atom is -0.355 e. The van der Waals surface area contributed by atoms with Gasteiger partial charge in [-0.2, -0.15) is 0 Å². The van der Waals surface area contributed by atoms with E-state index in [1.165, 1.54) is 0 Å². The monoisotopic (exact) mass is 363 g/mol. The van der Waals surface area contributed by atoms with Crippen LogP contribution >= 0.6 is 35.8 Å². The molecule has 1 atom stereocenters. The Hall–Kier alpha value is -0.950. The van der Waals surface area contributed by atoms with Crippen LogP contribution in [0.5, 0.6) is 0 Å². The van der Waals surface area contributed by atoms with E-state index in [0.717, 1.165) is 17.3 Å². The van der Waals surface area contributed by atoms with Gasteiger partial charge in [-0.1, -0.05) is 11.6 Å². The van der Waals surface area contributed by atoms with Crippen LogP contribution < -0.4 is 16.0 Å². The van der Waals surface area contributed by atoms with Gasteiger partial charge in [0.15, 0.2) is 0 Å². The number of benzene rings is 1. The van der Waals surface area contributed by atoms with Gasteiger partial charge in [-0.15, -0.1) is 24.2 Å². The SMILES string of the molecule is Cl.O=C(CCCNC(=O)C1CSCN1)Nc1ccc(Cl)cc1. The molecule has 0 aliphatic carbocycles. The van der Waals surface area contributed by atoms with Gasteiger partial charge in [0.2, 0.25) is 11.8 Å². The van der Waals surface area contributed by atoms with Gasteiger partial charge in [-0.3, -0.25) is 14.9 Å². The highest BCUT2D eigenvalue weighted by atomic mass is 35.5. The fourth-order valence-electron chi connectivity index (χ4n) is 1.90. The number of carbonyl (C=O) groups is 2. The molecular formula is C14H19Cl2N3O2S. The summed E-state index contributed by atoms with van der Waals surface area (Å²) in [6.45, 7) is 0.510. The maximum absolute atomic E-state index is 11.7. The lowest BCUT2D eigenvalue weighted by atomic mass is 10.2. The summed E-state index contributed by atoms with van der Waals surface area (Å²) in [5.41, 5.74) is 0.723. The maximum Gasteiger partial charge on any atom is 0.238 e. The zero-order chi connectivity index (χ0) is 15.1. The van der Waals surface area contributed by atoms with Gasteiger partial charge < -0.3 is 10.6 Å². The lowest BCUT2D eigenvalue weighted by Gasteiger charge is -2.10. The number of hydrogen-bond donors (Lipinski definition) is 3. The topological polar surface area (TPSA) is 70.2 Å². The van der Waals surface area contributed by atoms with Gasteiger partial charge in [0, 0.05) is 35.3 Å². The highest BCUT2D eigenvalue weighted by Crippen LogP contribution is 2.13. The zero-order valence-electron chi connectivity index (χ0n) is 11.9. The minimum absolute atomic E-state index is 0. The van der Waals surface area contributed by atoms with Crippen LogP contribution in [0.3, 0.4) is 0 Å². The van der Waals surface area contributed by atoms with E-state index in [-0.39, 0.29) is 30.3 Å². The first-order valence-corrected chi connectivity index (χ1v) is 8.32. The second kappa shape index (κ2) is 9.94. The molecule has 1 heterocycles. The molecule has 1 aliphatic heterocycles. The van der Waals surface area contributed by atoms with Crippen molar-refractivity contribution in [3.63, 3.8) is 0 Å². The number of halogens is 2. The number of thioether (sulfide) groups is 1. The Kier molecular flexibility index (Phi) is 8.63. The van der Waals surface area contributed by atoms with Crippen molar-refractivity contribution in [2.24, 2.45) is 0 Å². The van der Waals surface area contributed by atoms with Gasteiger partial charge in [0.1, 0.15) is 0 Å². The molecule has 1 saturated heterocycles. The van der Waals surface area contributed by atoms with Crippen molar-refractivity contribution in [2.75, 3.05) is 23.5 Å². The minimum atomic E-state index is -0.0992. The Bertz CT molecular complexity index is 493. The van der Waals surface area contributed by atoms with Crippen LogP contribution in [-0.2, 0) is 9.59 Å². The molecule has 2 amide bonds. The van der Waals surface area contributed by atoms with E-state index in [1.807, 2.05) is 0 Å². The van der Waals surface area contributed by atoms with Crippen molar-refractivity contribution in [3.05, 3.63) is 29.3 Å². The average molecular weight is 364 g/mol. The van der Waals surface area contributed by atoms with Crippen LogP contribution in [0.25, 0.3) is 0 Å². The van der Waals surface area contributed by atoms with E-state index >= 15 is 0 Å². The summed E-state index contributed by atoms with van der Waals surface area (Å²) in [4.78, 5) is 23.4. The van der Waals surface area contributed by atoms with E-state index < -0.39 is 0 Å². The van der Waals surface area contributed by atoms with Gasteiger partial charge in [-0.25, -0.2) is 0 Å². The van der Waals surface area contributed by atoms with Crippen molar-refractivity contribution < 1.29 is 9.59 Å². The number of amides is 2. The molecule has 0 radical (unpaired) electrons. The number of hydrogen-bond acceptors (Lipinski definition) is 4. The Balaban J connectivity index is 0.00000242. The van der Waals surface area contributed by atoms with E-state index in [4.69, 9.17) is 11.6 Å². The predicted octanol–water partition coefficient (Wildman–Crippen LogP) is 2.26. The van der Waals surface area contributed by atoms with Gasteiger partial charge in [0.25, 0.3) is 0 Å². The van der Waals surface area contributed by atoms with Crippen molar-refractivity contribution in [3.8, 4) is 0 Å². The van der Waals surface area contributed by atoms with Crippen molar-refractivity contribution in [2.45, 2.75) is 18.9 Å². The van der Waals surface area contributed by atoms with Crippen molar-refractivity contribution >= 4 is 53.3 Å². The highest BCUT2D eigenvalue weighted by molar-refractivity contribution is 7.99. The largest absolute Gasteiger partial charge is 0.355 e. The third kappa shape index (κ3) is 6.44. The second-order valence-corrected chi connectivity index (χ2v) is 6.19. The summed E-state index contributed by atoms with van der Waals surface area (Å²) >= 11 is 7.49. The summed E-state index contributed by atoms with van der Waals surface area (Å²) < 4.78 is 0. The molecule has 122 valence electrons. The van der Waals surface area contributed by atoms with Gasteiger partial charge in [0.05, 0.1) is 6.04 Å². The smallest absolute Gasteiger partial charge is 0.238 e. The lowest BCUT2D eigenvalue weighted by molar-refractivity contribution is -0.122. The van der Waals surface area contributed by atoms with Gasteiger partial charge in [-0.05, 0) is 30.7 Å². The zero-order valence-corrected chi connectivity index (χ0v) is 14.3. The molecule has 22 heavy (non-hydrogen) atoms. The summed E-state index contributed by atoms with van der Waals surface area (Å²) in [7, 11) is 0. The molecule has 0 spiro atoms. The third-order valence-electron chi connectivity index (χ3n) is 3.04. The molecule has 8 heteroatoms. The Morgan fingerprint density at radius 1 is 1.32 bits per heavy atom. The van der Waals surface area contributed by atoms with Crippen molar-refractivity contribution in [1.29, 1.82) is 0 Å². The molecule has 0 aromatic heterocycles. The maximum atomic E-state index is 11.7. The predicted molar refractivity (Wildman–Crippen MR) is 93.8 cm³/mol. The van der Waals surface area contributed by atoms with Gasteiger partial charge >= 0.3 is 0 Å². The second-order valence-electron chi connectivity index (χ2n) is 4.72. The van der Waals surface area contributed by atoms with Crippen LogP contribution in [0.15, 0.2) is 24.3 Å². The lowest BCUT2D eigenvalue weighted by Crippen LogP contribution is -2.42. The third-order valence-corrected chi connectivity index (χ3v) is 4.23. The normalized spacial score (nSPS) is 16.7. The molecule has 1 fully saturated rings. The molecule has 1 aromatic carbocycles. The molecule has 1 aromatic rings. The summed E-state index contributed by atoms with van der Waals surface area (Å²) in [5, 5.41) is 9.36. The first kappa shape index (κ1) is 19.1. The molecule has 0 bridgehead atoms. The van der Waals surface area contributed by atoms with E-state index in [0.29, 0.717) is 24.4 Å². The Labute approximate surface area is 145 Å². The molecule has 0 saturated carbocycles. The first-order valence-electron chi connectivity index (χ1n) is 6.79. The van der Waals surface area contributed by atoms with Crippen LogP contribution in [0.4, 0.5) is 5.69 Å². The Morgan fingerprint density at radius 2 is 2.05 bits per heavy atom. The number of anilines is 1. The molecule has 3 N–H and O–H groups in total.